The monoisotopic (exact) mass is 146 g/mol. The molecule has 0 aliphatic heterocycles. The Balaban J connectivity index is 3.17. The van der Waals surface area contributed by atoms with Crippen molar-refractivity contribution < 1.29 is 0 Å². The van der Waals surface area contributed by atoms with Crippen molar-refractivity contribution in [2.24, 2.45) is 0 Å². The summed E-state index contributed by atoms with van der Waals surface area (Å²) in [7, 11) is 0. The van der Waals surface area contributed by atoms with Gasteiger partial charge in [-0.3, -0.25) is 0 Å². The van der Waals surface area contributed by atoms with Gasteiger partial charge in [0.1, 0.15) is 0 Å². The van der Waals surface area contributed by atoms with Crippen LogP contribution in [-0.2, 0) is 0 Å². The van der Waals surface area contributed by atoms with Crippen LogP contribution >= 0.6 is 0 Å². The van der Waals surface area contributed by atoms with Crippen LogP contribution in [0.2, 0.25) is 0 Å². The van der Waals surface area contributed by atoms with Crippen LogP contribution in [0.25, 0.3) is 0 Å². The molecular formula is C4H10GeN. The Kier molecular flexibility index (Phi) is 2.15. The molecule has 3 radical (unpaired) electrons. The molecule has 0 aromatic rings. The summed E-state index contributed by atoms with van der Waals surface area (Å²) in [4.78, 5) is 0. The molecule has 0 aliphatic rings. The Hall–Kier alpha value is 0.503. The van der Waals surface area contributed by atoms with Crippen molar-refractivity contribution in [2.45, 2.75) is 26.3 Å². The summed E-state index contributed by atoms with van der Waals surface area (Å²) in [5.41, 5.74) is 0.292. The van der Waals surface area contributed by atoms with E-state index in [2.05, 4.69) is 25.0 Å². The van der Waals surface area contributed by atoms with Crippen molar-refractivity contribution in [1.82, 2.24) is 4.27 Å². The predicted molar refractivity (Wildman–Crippen MR) is 28.6 cm³/mol. The first-order valence-electron chi connectivity index (χ1n) is 2.00. The van der Waals surface area contributed by atoms with Gasteiger partial charge < -0.3 is 0 Å². The van der Waals surface area contributed by atoms with E-state index in [0.717, 1.165) is 0 Å². The Morgan fingerprint density at radius 2 is 1.50 bits per heavy atom. The van der Waals surface area contributed by atoms with E-state index in [9.17, 15) is 0 Å². The molecule has 1 N–H and O–H groups in total. The molecule has 0 spiro atoms. The molecule has 0 bridgehead atoms. The molecule has 0 aromatic heterocycles. The van der Waals surface area contributed by atoms with Gasteiger partial charge in [-0.15, -0.1) is 0 Å². The topological polar surface area (TPSA) is 12.0 Å². The third-order valence-corrected chi connectivity index (χ3v) is 1.95. The zero-order valence-corrected chi connectivity index (χ0v) is 6.60. The fraction of sp³-hybridized carbons (Fsp3) is 1.00. The molecule has 0 atom stereocenters. The van der Waals surface area contributed by atoms with Crippen LogP contribution in [0.15, 0.2) is 0 Å². The van der Waals surface area contributed by atoms with Crippen molar-refractivity contribution in [2.75, 3.05) is 0 Å². The minimum absolute atomic E-state index is 0.292. The quantitative estimate of drug-likeness (QED) is 0.488. The van der Waals surface area contributed by atoms with Crippen LogP contribution in [0.1, 0.15) is 20.8 Å². The van der Waals surface area contributed by atoms with E-state index in [-0.39, 0.29) is 0 Å². The first-order chi connectivity index (χ1) is 2.56. The van der Waals surface area contributed by atoms with Gasteiger partial charge in [0, 0.05) is 0 Å². The fourth-order valence-electron chi connectivity index (χ4n) is 0. The molecule has 0 saturated carbocycles. The second kappa shape index (κ2) is 1.98. The molecule has 2 heteroatoms. The summed E-state index contributed by atoms with van der Waals surface area (Å²) in [6, 6.07) is 0. The van der Waals surface area contributed by atoms with Crippen LogP contribution in [-0.4, -0.2) is 22.3 Å². The summed E-state index contributed by atoms with van der Waals surface area (Å²) in [6.45, 7) is 6.40. The molecule has 0 unspecified atom stereocenters. The molecule has 0 aliphatic carbocycles. The van der Waals surface area contributed by atoms with Gasteiger partial charge >= 0.3 is 47.3 Å². The van der Waals surface area contributed by atoms with Crippen molar-refractivity contribution in [3.05, 3.63) is 0 Å². The van der Waals surface area contributed by atoms with Gasteiger partial charge in [0.05, 0.1) is 0 Å². The Morgan fingerprint density at radius 3 is 1.50 bits per heavy atom. The van der Waals surface area contributed by atoms with Gasteiger partial charge in [-0.05, 0) is 0 Å². The van der Waals surface area contributed by atoms with E-state index in [1.54, 1.807) is 0 Å². The van der Waals surface area contributed by atoms with Crippen LogP contribution in [0.4, 0.5) is 0 Å². The van der Waals surface area contributed by atoms with Crippen LogP contribution < -0.4 is 4.27 Å². The fourth-order valence-corrected chi connectivity index (χ4v) is 0. The van der Waals surface area contributed by atoms with Crippen LogP contribution in [0.3, 0.4) is 0 Å². The summed E-state index contributed by atoms with van der Waals surface area (Å²) >= 11 is 1.96. The van der Waals surface area contributed by atoms with Gasteiger partial charge in [0.25, 0.3) is 0 Å². The maximum atomic E-state index is 3.10. The average Bonchev–Trinajstić information content (AvgIpc) is 1.35. The molecule has 35 valence electrons. The first kappa shape index (κ1) is 6.50. The van der Waals surface area contributed by atoms with E-state index in [4.69, 9.17) is 0 Å². The number of nitrogens with one attached hydrogen (secondary N) is 1. The molecule has 0 aromatic carbocycles. The maximum absolute atomic E-state index is 3.10. The zero-order valence-electron chi connectivity index (χ0n) is 4.50. The second-order valence-corrected chi connectivity index (χ2v) is 2.90. The second-order valence-electron chi connectivity index (χ2n) is 2.38. The van der Waals surface area contributed by atoms with Crippen molar-refractivity contribution in [1.29, 1.82) is 0 Å². The Labute approximate surface area is 48.0 Å². The van der Waals surface area contributed by atoms with Gasteiger partial charge in [-0.25, -0.2) is 0 Å². The summed E-state index contributed by atoms with van der Waals surface area (Å²) in [6.07, 6.45) is 0. The van der Waals surface area contributed by atoms with Gasteiger partial charge in [0.15, 0.2) is 0 Å². The van der Waals surface area contributed by atoms with Gasteiger partial charge in [0.2, 0.25) is 0 Å². The molecule has 0 amide bonds. The minimum atomic E-state index is 0.292. The van der Waals surface area contributed by atoms with E-state index in [0.29, 0.717) is 5.54 Å². The van der Waals surface area contributed by atoms with Crippen molar-refractivity contribution in [3.63, 3.8) is 0 Å². The first-order valence-corrected chi connectivity index (χ1v) is 3.05. The predicted octanol–water partition coefficient (Wildman–Crippen LogP) is 0.458. The average molecular weight is 145 g/mol. The number of hydrogen-bond acceptors (Lipinski definition) is 1. The molecule has 6 heavy (non-hydrogen) atoms. The molecule has 0 fully saturated rings. The third kappa shape index (κ3) is 4.50. The molecule has 0 saturated heterocycles. The SMILES string of the molecule is CC(C)(C)[NH][Ge]. The summed E-state index contributed by atoms with van der Waals surface area (Å²) in [5.74, 6) is 0. The zero-order chi connectivity index (χ0) is 5.21. The van der Waals surface area contributed by atoms with E-state index in [1.165, 1.54) is 0 Å². The van der Waals surface area contributed by atoms with E-state index >= 15 is 0 Å². The van der Waals surface area contributed by atoms with E-state index in [1.807, 2.05) is 16.7 Å². The molecule has 1 nitrogen and oxygen atoms in total. The molecular weight excluding hydrogens is 135 g/mol. The number of rotatable bonds is 0. The molecule has 0 heterocycles. The van der Waals surface area contributed by atoms with Crippen LogP contribution in [0, 0.1) is 0 Å². The third-order valence-electron chi connectivity index (χ3n) is 0.375. The number of hydrogen-bond donors (Lipinski definition) is 1. The molecule has 0 rings (SSSR count). The van der Waals surface area contributed by atoms with Gasteiger partial charge in [-0.1, -0.05) is 0 Å². The van der Waals surface area contributed by atoms with Crippen LogP contribution in [0.5, 0.6) is 0 Å². The normalized spacial score (nSPS) is 12.0. The van der Waals surface area contributed by atoms with Gasteiger partial charge in [-0.2, -0.15) is 0 Å². The van der Waals surface area contributed by atoms with Crippen molar-refractivity contribution in [3.8, 4) is 0 Å². The summed E-state index contributed by atoms with van der Waals surface area (Å²) < 4.78 is 3.10. The van der Waals surface area contributed by atoms with E-state index < -0.39 is 0 Å². The Morgan fingerprint density at radius 1 is 1.33 bits per heavy atom. The summed E-state index contributed by atoms with van der Waals surface area (Å²) in [5, 5.41) is 0. The standard InChI is InChI=1S/C4H10GeN/c1-4(2,3)6-5/h6H,1-3H3. The Bertz CT molecular complexity index is 37.3. The van der Waals surface area contributed by atoms with Crippen molar-refractivity contribution >= 4 is 16.7 Å².